The van der Waals surface area contributed by atoms with Crippen LogP contribution in [0, 0.1) is 18.3 Å². The van der Waals surface area contributed by atoms with Crippen LogP contribution in [0.2, 0.25) is 0 Å². The zero-order chi connectivity index (χ0) is 20.0. The Balaban J connectivity index is 1.31. The maximum atomic E-state index is 12.8. The van der Waals surface area contributed by atoms with Crippen molar-refractivity contribution in [2.75, 3.05) is 19.6 Å². The van der Waals surface area contributed by atoms with Gasteiger partial charge in [0, 0.05) is 42.8 Å². The molecule has 5 rings (SSSR count). The smallest absolute Gasteiger partial charge is 0.289 e. The molecule has 1 aliphatic heterocycles. The molecular formula is C22H24N4O3. The second kappa shape index (κ2) is 6.76. The molecule has 3 aromatic heterocycles. The van der Waals surface area contributed by atoms with Gasteiger partial charge >= 0.3 is 0 Å². The number of nitrogens with zero attached hydrogens (tertiary/aromatic N) is 2. The standard InChI is InChI=1S/C22H24N4O3/c1-14-8-18(29-11-14)21(28)26-10-15-4-2-6-22(15,13-26)12-25-20(27)17-9-24-19-16(17)5-3-7-23-19/h3,5,7-9,11,15H,2,4,6,10,12-13H2,1H3,(H,23,24)(H,25,27)/t15-,22-/m0/s1. The van der Waals surface area contributed by atoms with Gasteiger partial charge in [-0.05, 0) is 49.4 Å². The van der Waals surface area contributed by atoms with Crippen molar-refractivity contribution in [3.63, 3.8) is 0 Å². The molecule has 1 saturated carbocycles. The molecule has 7 heteroatoms. The Morgan fingerprint density at radius 3 is 3.17 bits per heavy atom. The third-order valence-corrected chi connectivity index (χ3v) is 6.57. The molecule has 0 aromatic carbocycles. The second-order valence-electron chi connectivity index (χ2n) is 8.41. The average molecular weight is 392 g/mol. The number of hydrogen-bond acceptors (Lipinski definition) is 4. The monoisotopic (exact) mass is 392 g/mol. The van der Waals surface area contributed by atoms with Gasteiger partial charge in [-0.25, -0.2) is 4.98 Å². The molecule has 7 nitrogen and oxygen atoms in total. The first-order chi connectivity index (χ1) is 14.1. The van der Waals surface area contributed by atoms with Crippen molar-refractivity contribution in [1.82, 2.24) is 20.2 Å². The molecule has 0 unspecified atom stereocenters. The maximum absolute atomic E-state index is 12.8. The summed E-state index contributed by atoms with van der Waals surface area (Å²) in [6, 6.07) is 5.51. The van der Waals surface area contributed by atoms with Crippen molar-refractivity contribution in [3.05, 3.63) is 53.7 Å². The molecule has 29 heavy (non-hydrogen) atoms. The Bertz CT molecular complexity index is 1080. The van der Waals surface area contributed by atoms with Gasteiger partial charge < -0.3 is 19.6 Å². The Morgan fingerprint density at radius 2 is 2.34 bits per heavy atom. The largest absolute Gasteiger partial charge is 0.459 e. The van der Waals surface area contributed by atoms with Crippen LogP contribution in [0.15, 0.2) is 41.3 Å². The number of nitrogens with one attached hydrogen (secondary N) is 2. The number of furan rings is 1. The molecule has 1 saturated heterocycles. The summed E-state index contributed by atoms with van der Waals surface area (Å²) in [4.78, 5) is 34.9. The lowest BCUT2D eigenvalue weighted by molar-refractivity contribution is 0.0736. The van der Waals surface area contributed by atoms with Gasteiger partial charge in [-0.1, -0.05) is 6.42 Å². The number of H-pyrrole nitrogens is 1. The molecule has 0 bridgehead atoms. The number of aromatic amines is 1. The fourth-order valence-electron chi connectivity index (χ4n) is 5.05. The van der Waals surface area contributed by atoms with E-state index in [1.807, 2.05) is 24.0 Å². The lowest BCUT2D eigenvalue weighted by atomic mass is 9.80. The number of amides is 2. The van der Waals surface area contributed by atoms with E-state index in [2.05, 4.69) is 15.3 Å². The van der Waals surface area contributed by atoms with Gasteiger partial charge in [-0.15, -0.1) is 0 Å². The SMILES string of the molecule is Cc1coc(C(=O)N2C[C@@H]3CCC[C@]3(CNC(=O)c3c[nH]c4ncccc34)C2)c1. The lowest BCUT2D eigenvalue weighted by Crippen LogP contribution is -2.41. The second-order valence-corrected chi connectivity index (χ2v) is 8.41. The first-order valence-electron chi connectivity index (χ1n) is 10.1. The number of pyridine rings is 1. The van der Waals surface area contributed by atoms with E-state index in [0.717, 1.165) is 36.8 Å². The van der Waals surface area contributed by atoms with Crippen molar-refractivity contribution in [1.29, 1.82) is 0 Å². The highest BCUT2D eigenvalue weighted by atomic mass is 16.3. The predicted molar refractivity (Wildman–Crippen MR) is 108 cm³/mol. The van der Waals surface area contributed by atoms with Gasteiger partial charge in [0.05, 0.1) is 11.8 Å². The molecule has 2 fully saturated rings. The van der Waals surface area contributed by atoms with Crippen molar-refractivity contribution >= 4 is 22.8 Å². The zero-order valence-corrected chi connectivity index (χ0v) is 16.4. The minimum absolute atomic E-state index is 0.0547. The summed E-state index contributed by atoms with van der Waals surface area (Å²) in [7, 11) is 0. The number of aromatic nitrogens is 2. The third-order valence-electron chi connectivity index (χ3n) is 6.57. The van der Waals surface area contributed by atoms with E-state index < -0.39 is 0 Å². The van der Waals surface area contributed by atoms with E-state index in [-0.39, 0.29) is 17.2 Å². The molecule has 4 heterocycles. The summed E-state index contributed by atoms with van der Waals surface area (Å²) < 4.78 is 5.41. The van der Waals surface area contributed by atoms with Crippen LogP contribution in [0.5, 0.6) is 0 Å². The highest BCUT2D eigenvalue weighted by Gasteiger charge is 2.51. The van der Waals surface area contributed by atoms with E-state index in [4.69, 9.17) is 4.42 Å². The normalized spacial score (nSPS) is 23.5. The summed E-state index contributed by atoms with van der Waals surface area (Å²) in [6.45, 7) is 3.87. The number of likely N-dealkylation sites (tertiary alicyclic amines) is 1. The van der Waals surface area contributed by atoms with Gasteiger partial charge in [0.1, 0.15) is 5.65 Å². The van der Waals surface area contributed by atoms with E-state index in [1.165, 1.54) is 0 Å². The van der Waals surface area contributed by atoms with E-state index >= 15 is 0 Å². The average Bonchev–Trinajstić information content (AvgIpc) is 3.47. The number of hydrogen-bond donors (Lipinski definition) is 2. The molecule has 1 aliphatic carbocycles. The predicted octanol–water partition coefficient (Wildman–Crippen LogP) is 3.14. The molecule has 2 N–H and O–H groups in total. The van der Waals surface area contributed by atoms with Crippen molar-refractivity contribution in [2.24, 2.45) is 11.3 Å². The lowest BCUT2D eigenvalue weighted by Gasteiger charge is -2.29. The zero-order valence-electron chi connectivity index (χ0n) is 16.4. The molecule has 0 radical (unpaired) electrons. The molecule has 2 amide bonds. The summed E-state index contributed by atoms with van der Waals surface area (Å²) in [5, 5.41) is 3.96. The number of carbonyl (C=O) groups excluding carboxylic acids is 2. The van der Waals surface area contributed by atoms with Crippen LogP contribution in [-0.4, -0.2) is 46.3 Å². The van der Waals surface area contributed by atoms with E-state index in [1.54, 1.807) is 24.7 Å². The van der Waals surface area contributed by atoms with Crippen molar-refractivity contribution < 1.29 is 14.0 Å². The molecule has 2 aliphatic rings. The van der Waals surface area contributed by atoms with Crippen molar-refractivity contribution in [3.8, 4) is 0 Å². The summed E-state index contributed by atoms with van der Waals surface area (Å²) in [5.41, 5.74) is 2.21. The third kappa shape index (κ3) is 3.01. The summed E-state index contributed by atoms with van der Waals surface area (Å²) in [5.74, 6) is 0.650. The minimum atomic E-state index is -0.101. The molecular weight excluding hydrogens is 368 g/mol. The number of carbonyl (C=O) groups is 2. The quantitative estimate of drug-likeness (QED) is 0.714. The van der Waals surface area contributed by atoms with Crippen LogP contribution in [0.3, 0.4) is 0 Å². The van der Waals surface area contributed by atoms with Crippen LogP contribution in [0.4, 0.5) is 0 Å². The van der Waals surface area contributed by atoms with Crippen LogP contribution in [0.1, 0.15) is 45.7 Å². The highest BCUT2D eigenvalue weighted by molar-refractivity contribution is 6.05. The topological polar surface area (TPSA) is 91.2 Å². The van der Waals surface area contributed by atoms with Crippen LogP contribution >= 0.6 is 0 Å². The summed E-state index contributed by atoms with van der Waals surface area (Å²) >= 11 is 0. The molecule has 2 atom stereocenters. The number of aryl methyl sites for hydroxylation is 1. The summed E-state index contributed by atoms with van der Waals surface area (Å²) in [6.07, 6.45) is 8.27. The van der Waals surface area contributed by atoms with Crippen LogP contribution in [-0.2, 0) is 0 Å². The highest BCUT2D eigenvalue weighted by Crippen LogP contribution is 2.48. The Kier molecular flexibility index (Phi) is 4.19. The Hall–Kier alpha value is -3.09. The van der Waals surface area contributed by atoms with Crippen molar-refractivity contribution in [2.45, 2.75) is 26.2 Å². The Labute approximate surface area is 168 Å². The number of rotatable bonds is 4. The fraction of sp³-hybridized carbons (Fsp3) is 0.409. The van der Waals surface area contributed by atoms with Gasteiger partial charge in [0.2, 0.25) is 0 Å². The van der Waals surface area contributed by atoms with E-state index in [9.17, 15) is 9.59 Å². The fourth-order valence-corrected chi connectivity index (χ4v) is 5.05. The molecule has 150 valence electrons. The minimum Gasteiger partial charge on any atom is -0.459 e. The number of fused-ring (bicyclic) bond motifs is 2. The first kappa shape index (κ1) is 18.0. The van der Waals surface area contributed by atoms with E-state index in [0.29, 0.717) is 36.0 Å². The van der Waals surface area contributed by atoms with Gasteiger partial charge in [0.25, 0.3) is 11.8 Å². The van der Waals surface area contributed by atoms with Crippen LogP contribution < -0.4 is 5.32 Å². The Morgan fingerprint density at radius 1 is 1.45 bits per heavy atom. The first-order valence-corrected chi connectivity index (χ1v) is 10.1. The van der Waals surface area contributed by atoms with Gasteiger partial charge in [-0.2, -0.15) is 0 Å². The van der Waals surface area contributed by atoms with Gasteiger partial charge in [-0.3, -0.25) is 9.59 Å². The molecule has 0 spiro atoms. The van der Waals surface area contributed by atoms with Crippen LogP contribution in [0.25, 0.3) is 11.0 Å². The maximum Gasteiger partial charge on any atom is 0.289 e. The molecule has 3 aromatic rings. The van der Waals surface area contributed by atoms with Gasteiger partial charge in [0.15, 0.2) is 5.76 Å².